The van der Waals surface area contributed by atoms with E-state index in [1.807, 2.05) is 30.3 Å². The zero-order valence-electron chi connectivity index (χ0n) is 11.5. The summed E-state index contributed by atoms with van der Waals surface area (Å²) in [4.78, 5) is 0. The van der Waals surface area contributed by atoms with Crippen molar-refractivity contribution in [3.05, 3.63) is 53.6 Å². The van der Waals surface area contributed by atoms with Gasteiger partial charge in [-0.25, -0.2) is 0 Å². The van der Waals surface area contributed by atoms with E-state index in [1.165, 1.54) is 0 Å². The van der Waals surface area contributed by atoms with Gasteiger partial charge < -0.3 is 14.8 Å². The number of nitriles is 1. The lowest BCUT2D eigenvalue weighted by molar-refractivity contribution is 0.409. The Morgan fingerprint density at radius 3 is 2.40 bits per heavy atom. The lowest BCUT2D eigenvalue weighted by Crippen LogP contribution is -2.04. The molecule has 0 radical (unpaired) electrons. The van der Waals surface area contributed by atoms with Crippen LogP contribution in [-0.4, -0.2) is 14.2 Å². The second-order valence-corrected chi connectivity index (χ2v) is 4.16. The molecule has 0 saturated carbocycles. The molecule has 0 atom stereocenters. The fourth-order valence-electron chi connectivity index (χ4n) is 2.01. The largest absolute Gasteiger partial charge is 0.496 e. The number of hydrogen-bond acceptors (Lipinski definition) is 4. The molecule has 0 bridgehead atoms. The second kappa shape index (κ2) is 6.48. The maximum Gasteiger partial charge on any atom is 0.143 e. The summed E-state index contributed by atoms with van der Waals surface area (Å²) in [5.74, 6) is 1.47. The standard InChI is InChI=1S/C16H16N2O2/c1-19-14-8-4-3-6-13(14)11-18-16-12(10-17)7-5-9-15(16)20-2/h3-9,18H,11H2,1-2H3. The number of hydrogen-bond donors (Lipinski definition) is 1. The first-order chi connectivity index (χ1) is 9.80. The van der Waals surface area contributed by atoms with Crippen molar-refractivity contribution in [2.75, 3.05) is 19.5 Å². The summed E-state index contributed by atoms with van der Waals surface area (Å²) in [5, 5.41) is 12.4. The molecule has 2 rings (SSSR count). The van der Waals surface area contributed by atoms with Crippen LogP contribution in [0.3, 0.4) is 0 Å². The van der Waals surface area contributed by atoms with Gasteiger partial charge in [-0.1, -0.05) is 24.3 Å². The van der Waals surface area contributed by atoms with Crippen molar-refractivity contribution in [1.29, 1.82) is 5.26 Å². The number of anilines is 1. The van der Waals surface area contributed by atoms with E-state index in [0.29, 0.717) is 23.5 Å². The van der Waals surface area contributed by atoms with Crippen LogP contribution in [0.4, 0.5) is 5.69 Å². The van der Waals surface area contributed by atoms with Crippen LogP contribution >= 0.6 is 0 Å². The highest BCUT2D eigenvalue weighted by Crippen LogP contribution is 2.29. The van der Waals surface area contributed by atoms with Crippen molar-refractivity contribution >= 4 is 5.69 Å². The number of methoxy groups -OCH3 is 2. The van der Waals surface area contributed by atoms with E-state index in [-0.39, 0.29) is 0 Å². The predicted molar refractivity (Wildman–Crippen MR) is 78.0 cm³/mol. The van der Waals surface area contributed by atoms with E-state index >= 15 is 0 Å². The Balaban J connectivity index is 2.25. The molecule has 102 valence electrons. The van der Waals surface area contributed by atoms with Crippen LogP contribution in [0.25, 0.3) is 0 Å². The molecule has 0 saturated heterocycles. The van der Waals surface area contributed by atoms with E-state index in [2.05, 4.69) is 11.4 Å². The normalized spacial score (nSPS) is 9.65. The first-order valence-electron chi connectivity index (χ1n) is 6.23. The van der Waals surface area contributed by atoms with Crippen LogP contribution < -0.4 is 14.8 Å². The fourth-order valence-corrected chi connectivity index (χ4v) is 2.01. The Hall–Kier alpha value is -2.67. The van der Waals surface area contributed by atoms with E-state index in [4.69, 9.17) is 14.7 Å². The molecule has 0 aliphatic carbocycles. The number of nitrogens with one attached hydrogen (secondary N) is 1. The summed E-state index contributed by atoms with van der Waals surface area (Å²) in [5.41, 5.74) is 2.27. The first-order valence-corrected chi connectivity index (χ1v) is 6.23. The molecular formula is C16H16N2O2. The first kappa shape index (κ1) is 13.8. The van der Waals surface area contributed by atoms with Crippen LogP contribution in [0.2, 0.25) is 0 Å². The Bertz CT molecular complexity index is 633. The van der Waals surface area contributed by atoms with Gasteiger partial charge >= 0.3 is 0 Å². The van der Waals surface area contributed by atoms with Crippen LogP contribution in [0.1, 0.15) is 11.1 Å². The summed E-state index contributed by atoms with van der Waals surface area (Å²) < 4.78 is 10.6. The molecule has 2 aromatic carbocycles. The Morgan fingerprint density at radius 1 is 1.00 bits per heavy atom. The Labute approximate surface area is 118 Å². The SMILES string of the molecule is COc1ccccc1CNc1c(C#N)cccc1OC. The van der Waals surface area contributed by atoms with Crippen LogP contribution in [0, 0.1) is 11.3 Å². The summed E-state index contributed by atoms with van der Waals surface area (Å²) in [6.07, 6.45) is 0. The fraction of sp³-hybridized carbons (Fsp3) is 0.188. The minimum Gasteiger partial charge on any atom is -0.496 e. The molecule has 0 unspecified atom stereocenters. The van der Waals surface area contributed by atoms with Gasteiger partial charge in [0.25, 0.3) is 0 Å². The number of rotatable bonds is 5. The molecule has 0 aliphatic rings. The molecular weight excluding hydrogens is 252 g/mol. The maximum atomic E-state index is 9.17. The van der Waals surface area contributed by atoms with Crippen molar-refractivity contribution in [1.82, 2.24) is 0 Å². The molecule has 4 nitrogen and oxygen atoms in total. The summed E-state index contributed by atoms with van der Waals surface area (Å²) in [6, 6.07) is 15.3. The average Bonchev–Trinajstić information content (AvgIpc) is 2.52. The van der Waals surface area contributed by atoms with E-state index in [1.54, 1.807) is 26.4 Å². The van der Waals surface area contributed by atoms with E-state index in [0.717, 1.165) is 11.3 Å². The van der Waals surface area contributed by atoms with E-state index in [9.17, 15) is 0 Å². The highest BCUT2D eigenvalue weighted by molar-refractivity contribution is 5.66. The van der Waals surface area contributed by atoms with Crippen molar-refractivity contribution < 1.29 is 9.47 Å². The maximum absolute atomic E-state index is 9.17. The monoisotopic (exact) mass is 268 g/mol. The van der Waals surface area contributed by atoms with Gasteiger partial charge in [-0.15, -0.1) is 0 Å². The highest BCUT2D eigenvalue weighted by Gasteiger charge is 2.09. The van der Waals surface area contributed by atoms with Gasteiger partial charge in [0.15, 0.2) is 0 Å². The number of nitrogens with zero attached hydrogens (tertiary/aromatic N) is 1. The van der Waals surface area contributed by atoms with Crippen LogP contribution in [0.5, 0.6) is 11.5 Å². The zero-order chi connectivity index (χ0) is 14.4. The predicted octanol–water partition coefficient (Wildman–Crippen LogP) is 3.19. The molecule has 0 aliphatic heterocycles. The smallest absolute Gasteiger partial charge is 0.143 e. The number of para-hydroxylation sites is 2. The van der Waals surface area contributed by atoms with Gasteiger partial charge in [-0.3, -0.25) is 0 Å². The number of benzene rings is 2. The van der Waals surface area contributed by atoms with Crippen molar-refractivity contribution in [3.63, 3.8) is 0 Å². The average molecular weight is 268 g/mol. The molecule has 0 heterocycles. The lowest BCUT2D eigenvalue weighted by Gasteiger charge is -2.14. The van der Waals surface area contributed by atoms with Crippen LogP contribution in [0.15, 0.2) is 42.5 Å². The van der Waals surface area contributed by atoms with Gasteiger partial charge in [-0.2, -0.15) is 5.26 Å². The summed E-state index contributed by atoms with van der Waals surface area (Å²) in [7, 11) is 3.23. The summed E-state index contributed by atoms with van der Waals surface area (Å²) in [6.45, 7) is 0.555. The van der Waals surface area contributed by atoms with Gasteiger partial charge in [0.05, 0.1) is 25.5 Å². The molecule has 0 spiro atoms. The third kappa shape index (κ3) is 2.83. The molecule has 2 aromatic rings. The van der Waals surface area contributed by atoms with Gasteiger partial charge in [0.2, 0.25) is 0 Å². The molecule has 1 N–H and O–H groups in total. The van der Waals surface area contributed by atoms with Crippen LogP contribution in [-0.2, 0) is 6.54 Å². The molecule has 0 fully saturated rings. The quantitative estimate of drug-likeness (QED) is 0.904. The molecule has 20 heavy (non-hydrogen) atoms. The minimum atomic E-state index is 0.555. The second-order valence-electron chi connectivity index (χ2n) is 4.16. The lowest BCUT2D eigenvalue weighted by atomic mass is 10.1. The highest BCUT2D eigenvalue weighted by atomic mass is 16.5. The molecule has 0 amide bonds. The van der Waals surface area contributed by atoms with Crippen molar-refractivity contribution in [2.45, 2.75) is 6.54 Å². The summed E-state index contributed by atoms with van der Waals surface area (Å²) >= 11 is 0. The van der Waals surface area contributed by atoms with Gasteiger partial charge in [-0.05, 0) is 18.2 Å². The minimum absolute atomic E-state index is 0.555. The molecule has 0 aromatic heterocycles. The van der Waals surface area contributed by atoms with Gasteiger partial charge in [0, 0.05) is 12.1 Å². The topological polar surface area (TPSA) is 54.3 Å². The van der Waals surface area contributed by atoms with E-state index < -0.39 is 0 Å². The van der Waals surface area contributed by atoms with Crippen molar-refractivity contribution in [3.8, 4) is 17.6 Å². The van der Waals surface area contributed by atoms with Gasteiger partial charge in [0.1, 0.15) is 17.6 Å². The zero-order valence-corrected chi connectivity index (χ0v) is 11.5. The Morgan fingerprint density at radius 2 is 1.70 bits per heavy atom. The van der Waals surface area contributed by atoms with Crippen molar-refractivity contribution in [2.24, 2.45) is 0 Å². The third-order valence-corrected chi connectivity index (χ3v) is 3.01. The Kier molecular flexibility index (Phi) is 4.46. The number of ether oxygens (including phenoxy) is 2. The molecule has 4 heteroatoms. The third-order valence-electron chi connectivity index (χ3n) is 3.01.